The average Bonchev–Trinajstić information content (AvgIpc) is 3.24. The van der Waals surface area contributed by atoms with Gasteiger partial charge in [-0.25, -0.2) is 4.68 Å². The van der Waals surface area contributed by atoms with Gasteiger partial charge in [-0.05, 0) is 37.3 Å². The largest absolute Gasteiger partial charge is 0.352 e. The van der Waals surface area contributed by atoms with Crippen LogP contribution in [0.2, 0.25) is 0 Å². The average molecular weight is 297 g/mol. The normalized spacial score (nSPS) is 14.4. The summed E-state index contributed by atoms with van der Waals surface area (Å²) < 4.78 is 1.96. The lowest BCUT2D eigenvalue weighted by molar-refractivity contribution is 0.0948. The SMILES string of the molecule is Cc1ccccc1-n1ncc(C(=O)NCC(C)C)c1C1CC1. The minimum Gasteiger partial charge on any atom is -0.352 e. The van der Waals surface area contributed by atoms with Crippen LogP contribution in [0.5, 0.6) is 0 Å². The molecule has 0 atom stereocenters. The molecule has 1 aromatic carbocycles. The summed E-state index contributed by atoms with van der Waals surface area (Å²) in [4.78, 5) is 12.5. The van der Waals surface area contributed by atoms with Crippen LogP contribution < -0.4 is 5.32 Å². The van der Waals surface area contributed by atoms with E-state index in [2.05, 4.69) is 43.3 Å². The first kappa shape index (κ1) is 14.8. The van der Waals surface area contributed by atoms with Crippen molar-refractivity contribution in [1.29, 1.82) is 0 Å². The molecule has 1 saturated carbocycles. The summed E-state index contributed by atoms with van der Waals surface area (Å²) in [6, 6.07) is 8.17. The summed E-state index contributed by atoms with van der Waals surface area (Å²) in [5.41, 5.74) is 4.02. The number of rotatable bonds is 5. The highest BCUT2D eigenvalue weighted by molar-refractivity contribution is 5.95. The molecule has 1 amide bonds. The third-order valence-electron chi connectivity index (χ3n) is 4.03. The first-order valence-corrected chi connectivity index (χ1v) is 8.00. The lowest BCUT2D eigenvalue weighted by Crippen LogP contribution is -2.28. The fourth-order valence-corrected chi connectivity index (χ4v) is 2.67. The highest BCUT2D eigenvalue weighted by Crippen LogP contribution is 2.42. The van der Waals surface area contributed by atoms with E-state index in [1.807, 2.05) is 16.8 Å². The maximum absolute atomic E-state index is 12.5. The molecule has 0 aliphatic heterocycles. The molecule has 1 aliphatic carbocycles. The van der Waals surface area contributed by atoms with Crippen molar-refractivity contribution in [2.75, 3.05) is 6.54 Å². The van der Waals surface area contributed by atoms with Gasteiger partial charge in [0.1, 0.15) is 0 Å². The summed E-state index contributed by atoms with van der Waals surface area (Å²) >= 11 is 0. The van der Waals surface area contributed by atoms with E-state index in [9.17, 15) is 4.79 Å². The van der Waals surface area contributed by atoms with Gasteiger partial charge in [-0.1, -0.05) is 32.0 Å². The molecule has 0 saturated heterocycles. The highest BCUT2D eigenvalue weighted by Gasteiger charge is 2.33. The van der Waals surface area contributed by atoms with Gasteiger partial charge in [-0.15, -0.1) is 0 Å². The van der Waals surface area contributed by atoms with E-state index < -0.39 is 0 Å². The van der Waals surface area contributed by atoms with E-state index in [1.165, 1.54) is 5.56 Å². The quantitative estimate of drug-likeness (QED) is 0.919. The number of aryl methyl sites for hydroxylation is 1. The molecule has 4 nitrogen and oxygen atoms in total. The first-order chi connectivity index (χ1) is 10.6. The van der Waals surface area contributed by atoms with Crippen LogP contribution in [-0.2, 0) is 0 Å². The molecule has 3 rings (SSSR count). The van der Waals surface area contributed by atoms with E-state index in [0.717, 1.165) is 29.8 Å². The minimum absolute atomic E-state index is 0.00423. The highest BCUT2D eigenvalue weighted by atomic mass is 16.1. The van der Waals surface area contributed by atoms with Crippen molar-refractivity contribution < 1.29 is 4.79 Å². The number of amides is 1. The summed E-state index contributed by atoms with van der Waals surface area (Å²) in [7, 11) is 0. The minimum atomic E-state index is -0.00423. The van der Waals surface area contributed by atoms with Gasteiger partial charge >= 0.3 is 0 Å². The Morgan fingerprint density at radius 2 is 2.09 bits per heavy atom. The molecular formula is C18H23N3O. The summed E-state index contributed by atoms with van der Waals surface area (Å²) in [6.45, 7) is 6.96. The summed E-state index contributed by atoms with van der Waals surface area (Å²) in [5.74, 6) is 0.900. The topological polar surface area (TPSA) is 46.9 Å². The van der Waals surface area contributed by atoms with E-state index >= 15 is 0 Å². The maximum Gasteiger partial charge on any atom is 0.254 e. The van der Waals surface area contributed by atoms with Crippen LogP contribution in [0.15, 0.2) is 30.5 Å². The number of hydrogen-bond donors (Lipinski definition) is 1. The van der Waals surface area contributed by atoms with E-state index in [-0.39, 0.29) is 5.91 Å². The molecule has 22 heavy (non-hydrogen) atoms. The fraction of sp³-hybridized carbons (Fsp3) is 0.444. The van der Waals surface area contributed by atoms with E-state index in [1.54, 1.807) is 6.20 Å². The van der Waals surface area contributed by atoms with Gasteiger partial charge in [0.25, 0.3) is 5.91 Å². The molecule has 0 spiro atoms. The third-order valence-corrected chi connectivity index (χ3v) is 4.03. The lowest BCUT2D eigenvalue weighted by Gasteiger charge is -2.12. The molecule has 1 heterocycles. The van der Waals surface area contributed by atoms with Crippen molar-refractivity contribution >= 4 is 5.91 Å². The molecule has 116 valence electrons. The first-order valence-electron chi connectivity index (χ1n) is 8.00. The predicted molar refractivity (Wildman–Crippen MR) is 87.4 cm³/mol. The molecule has 2 aromatic rings. The molecule has 1 aromatic heterocycles. The summed E-state index contributed by atoms with van der Waals surface area (Å²) in [6.07, 6.45) is 4.00. The van der Waals surface area contributed by atoms with Gasteiger partial charge in [0.15, 0.2) is 0 Å². The Balaban J connectivity index is 1.96. The second-order valence-electron chi connectivity index (χ2n) is 6.52. The number of hydrogen-bond acceptors (Lipinski definition) is 2. The zero-order chi connectivity index (χ0) is 15.7. The van der Waals surface area contributed by atoms with Gasteiger partial charge in [-0.2, -0.15) is 5.10 Å². The zero-order valence-electron chi connectivity index (χ0n) is 13.5. The van der Waals surface area contributed by atoms with Crippen molar-refractivity contribution in [1.82, 2.24) is 15.1 Å². The Morgan fingerprint density at radius 1 is 1.36 bits per heavy atom. The molecule has 0 radical (unpaired) electrons. The van der Waals surface area contributed by atoms with Gasteiger partial charge in [0.2, 0.25) is 0 Å². The van der Waals surface area contributed by atoms with E-state index in [4.69, 9.17) is 0 Å². The van der Waals surface area contributed by atoms with Crippen LogP contribution in [0.1, 0.15) is 54.2 Å². The predicted octanol–water partition coefficient (Wildman–Crippen LogP) is 3.44. The number of carbonyl (C=O) groups excluding carboxylic acids is 1. The number of benzene rings is 1. The maximum atomic E-state index is 12.5. The zero-order valence-corrected chi connectivity index (χ0v) is 13.5. The number of para-hydroxylation sites is 1. The third kappa shape index (κ3) is 2.91. The van der Waals surface area contributed by atoms with Gasteiger partial charge < -0.3 is 5.32 Å². The smallest absolute Gasteiger partial charge is 0.254 e. The van der Waals surface area contributed by atoms with Crippen LogP contribution in [0.4, 0.5) is 0 Å². The molecule has 1 fully saturated rings. The van der Waals surface area contributed by atoms with Crippen LogP contribution in [0, 0.1) is 12.8 Å². The molecule has 4 heteroatoms. The Morgan fingerprint density at radius 3 is 2.73 bits per heavy atom. The summed E-state index contributed by atoms with van der Waals surface area (Å²) in [5, 5.41) is 7.52. The second-order valence-corrected chi connectivity index (χ2v) is 6.52. The van der Waals surface area contributed by atoms with Crippen molar-refractivity contribution in [2.24, 2.45) is 5.92 Å². The Bertz CT molecular complexity index is 683. The van der Waals surface area contributed by atoms with Gasteiger partial charge in [0, 0.05) is 12.5 Å². The Hall–Kier alpha value is -2.10. The van der Waals surface area contributed by atoms with Crippen LogP contribution in [0.25, 0.3) is 5.69 Å². The molecule has 1 aliphatic rings. The van der Waals surface area contributed by atoms with E-state index in [0.29, 0.717) is 18.4 Å². The molecular weight excluding hydrogens is 274 g/mol. The Kier molecular flexibility index (Phi) is 4.01. The van der Waals surface area contributed by atoms with Crippen LogP contribution >= 0.6 is 0 Å². The number of aromatic nitrogens is 2. The van der Waals surface area contributed by atoms with Crippen LogP contribution in [-0.4, -0.2) is 22.2 Å². The second kappa shape index (κ2) is 5.95. The lowest BCUT2D eigenvalue weighted by atomic mass is 10.1. The number of nitrogens with zero attached hydrogens (tertiary/aromatic N) is 2. The molecule has 1 N–H and O–H groups in total. The monoisotopic (exact) mass is 297 g/mol. The van der Waals surface area contributed by atoms with Crippen molar-refractivity contribution in [3.8, 4) is 5.69 Å². The molecule has 0 bridgehead atoms. The van der Waals surface area contributed by atoms with Crippen molar-refractivity contribution in [2.45, 2.75) is 39.5 Å². The van der Waals surface area contributed by atoms with Gasteiger partial charge in [0.05, 0.1) is 23.1 Å². The van der Waals surface area contributed by atoms with Crippen molar-refractivity contribution in [3.05, 3.63) is 47.3 Å². The number of nitrogens with one attached hydrogen (secondary N) is 1. The number of carbonyl (C=O) groups is 1. The molecule has 0 unspecified atom stereocenters. The van der Waals surface area contributed by atoms with Gasteiger partial charge in [-0.3, -0.25) is 4.79 Å². The standard InChI is InChI=1S/C18H23N3O/c1-12(2)10-19-18(22)15-11-20-21(17(15)14-8-9-14)16-7-5-4-6-13(16)3/h4-7,11-12,14H,8-10H2,1-3H3,(H,19,22). The van der Waals surface area contributed by atoms with Crippen LogP contribution in [0.3, 0.4) is 0 Å². The van der Waals surface area contributed by atoms with Crippen molar-refractivity contribution in [3.63, 3.8) is 0 Å². The fourth-order valence-electron chi connectivity index (χ4n) is 2.67. The Labute approximate surface area is 131 Å².